The molecule has 5 heteroatoms. The van der Waals surface area contributed by atoms with Gasteiger partial charge in [0, 0.05) is 16.7 Å². The number of halogens is 3. The molecule has 1 aromatic carbocycles. The number of carbonyl (C=O) groups excluding carboxylic acids is 1. The van der Waals surface area contributed by atoms with Crippen molar-refractivity contribution in [1.29, 1.82) is 0 Å². The van der Waals surface area contributed by atoms with Crippen molar-refractivity contribution in [3.8, 4) is 0 Å². The molecule has 0 unspecified atom stereocenters. The molecule has 0 spiro atoms. The van der Waals surface area contributed by atoms with Crippen LogP contribution in [0, 0.1) is 11.6 Å². The Balaban J connectivity index is 3.15. The van der Waals surface area contributed by atoms with Crippen molar-refractivity contribution in [3.63, 3.8) is 0 Å². The van der Waals surface area contributed by atoms with E-state index >= 15 is 0 Å². The summed E-state index contributed by atoms with van der Waals surface area (Å²) >= 11 is 5.39. The zero-order valence-corrected chi connectivity index (χ0v) is 7.68. The van der Waals surface area contributed by atoms with Crippen molar-refractivity contribution in [2.75, 3.05) is 0 Å². The van der Waals surface area contributed by atoms with E-state index in [0.29, 0.717) is 0 Å². The highest BCUT2D eigenvalue weighted by molar-refractivity contribution is 6.30. The largest absolute Gasteiger partial charge is 0.366 e. The molecule has 1 amide bonds. The van der Waals surface area contributed by atoms with Gasteiger partial charge in [-0.1, -0.05) is 11.6 Å². The third-order valence-corrected chi connectivity index (χ3v) is 1.68. The first-order chi connectivity index (χ1) is 6.50. The van der Waals surface area contributed by atoms with E-state index in [1.807, 2.05) is 0 Å². The van der Waals surface area contributed by atoms with Gasteiger partial charge in [0.25, 0.3) is 0 Å². The van der Waals surface area contributed by atoms with Crippen molar-refractivity contribution >= 4 is 23.6 Å². The fourth-order valence-corrected chi connectivity index (χ4v) is 1.07. The molecule has 0 aliphatic carbocycles. The summed E-state index contributed by atoms with van der Waals surface area (Å²) in [6.45, 7) is 0. The first kappa shape index (κ1) is 10.7. The van der Waals surface area contributed by atoms with E-state index in [-0.39, 0.29) is 10.6 Å². The van der Waals surface area contributed by atoms with Crippen molar-refractivity contribution in [2.24, 2.45) is 5.73 Å². The van der Waals surface area contributed by atoms with Gasteiger partial charge in [0.1, 0.15) is 11.6 Å². The number of primary amides is 1. The van der Waals surface area contributed by atoms with Gasteiger partial charge in [-0.25, -0.2) is 8.78 Å². The zero-order valence-electron chi connectivity index (χ0n) is 6.93. The molecule has 0 heterocycles. The first-order valence-electron chi connectivity index (χ1n) is 3.63. The Hall–Kier alpha value is -1.42. The summed E-state index contributed by atoms with van der Waals surface area (Å²) in [5.41, 5.74) is 4.43. The van der Waals surface area contributed by atoms with Gasteiger partial charge in [0.15, 0.2) is 0 Å². The highest BCUT2D eigenvalue weighted by atomic mass is 35.5. The molecule has 0 saturated heterocycles. The number of amides is 1. The average molecular weight is 218 g/mol. The Kier molecular flexibility index (Phi) is 3.19. The van der Waals surface area contributed by atoms with Crippen molar-refractivity contribution in [3.05, 3.63) is 40.4 Å². The van der Waals surface area contributed by atoms with Gasteiger partial charge in [-0.05, 0) is 18.2 Å². The minimum atomic E-state index is -0.840. The molecule has 1 aromatic rings. The molecule has 0 aromatic heterocycles. The van der Waals surface area contributed by atoms with Crippen LogP contribution in [0.25, 0.3) is 6.08 Å². The predicted molar refractivity (Wildman–Crippen MR) is 49.6 cm³/mol. The molecule has 0 saturated carbocycles. The minimum absolute atomic E-state index is 0.0452. The molecular formula is C9H6ClF2NO. The summed E-state index contributed by atoms with van der Waals surface area (Å²) in [4.78, 5) is 10.3. The van der Waals surface area contributed by atoms with E-state index in [9.17, 15) is 13.6 Å². The lowest BCUT2D eigenvalue weighted by molar-refractivity contribution is -0.113. The molecule has 0 fully saturated rings. The summed E-state index contributed by atoms with van der Waals surface area (Å²) in [5.74, 6) is -2.46. The summed E-state index contributed by atoms with van der Waals surface area (Å²) in [6, 6.07) is 1.90. The fraction of sp³-hybridized carbons (Fsp3) is 0. The van der Waals surface area contributed by atoms with Crippen LogP contribution in [0.1, 0.15) is 5.56 Å². The molecule has 14 heavy (non-hydrogen) atoms. The summed E-state index contributed by atoms with van der Waals surface area (Å²) < 4.78 is 26.1. The molecule has 0 atom stereocenters. The normalized spacial score (nSPS) is 10.8. The maximum Gasteiger partial charge on any atom is 0.241 e. The van der Waals surface area contributed by atoms with Crippen LogP contribution in [0.15, 0.2) is 18.2 Å². The van der Waals surface area contributed by atoms with Crippen LogP contribution in [0.4, 0.5) is 8.78 Å². The number of hydrogen-bond acceptors (Lipinski definition) is 1. The van der Waals surface area contributed by atoms with Crippen LogP contribution >= 0.6 is 11.6 Å². The lowest BCUT2D eigenvalue weighted by Gasteiger charge is -1.99. The Bertz CT molecular complexity index is 381. The number of benzene rings is 1. The molecule has 2 N–H and O–H groups in total. The molecule has 2 nitrogen and oxygen atoms in total. The van der Waals surface area contributed by atoms with Gasteiger partial charge < -0.3 is 5.73 Å². The number of carbonyl (C=O) groups is 1. The Morgan fingerprint density at radius 1 is 1.36 bits per heavy atom. The fourth-order valence-electron chi connectivity index (χ4n) is 0.878. The number of hydrogen-bond donors (Lipinski definition) is 1. The van der Waals surface area contributed by atoms with Crippen LogP contribution in [0.5, 0.6) is 0 Å². The summed E-state index contributed by atoms with van der Waals surface area (Å²) in [6.07, 6.45) is 1.83. The first-order valence-corrected chi connectivity index (χ1v) is 4.00. The second-order valence-corrected chi connectivity index (χ2v) is 2.96. The standard InChI is InChI=1S/C9H6ClF2NO/c10-5-3-7(11)6(8(12)4-5)1-2-9(13)14/h1-4H,(H2,13,14). The lowest BCUT2D eigenvalue weighted by atomic mass is 10.2. The van der Waals surface area contributed by atoms with E-state index in [1.165, 1.54) is 0 Å². The maximum absolute atomic E-state index is 13.0. The van der Waals surface area contributed by atoms with Crippen LogP contribution < -0.4 is 5.73 Å². The SMILES string of the molecule is NC(=O)C=Cc1c(F)cc(Cl)cc1F. The smallest absolute Gasteiger partial charge is 0.241 e. The van der Waals surface area contributed by atoms with E-state index < -0.39 is 17.5 Å². The van der Waals surface area contributed by atoms with Gasteiger partial charge in [-0.2, -0.15) is 0 Å². The van der Waals surface area contributed by atoms with Crippen LogP contribution in [0.3, 0.4) is 0 Å². The summed E-state index contributed by atoms with van der Waals surface area (Å²) in [5, 5.41) is -0.0452. The molecule has 1 rings (SSSR count). The number of rotatable bonds is 2. The maximum atomic E-state index is 13.0. The average Bonchev–Trinajstić information content (AvgIpc) is 2.01. The van der Waals surface area contributed by atoms with Crippen molar-refractivity contribution in [2.45, 2.75) is 0 Å². The predicted octanol–water partition coefficient (Wildman–Crippen LogP) is 2.12. The molecule has 74 valence electrons. The highest BCUT2D eigenvalue weighted by Crippen LogP contribution is 2.19. The zero-order chi connectivity index (χ0) is 10.7. The molecular weight excluding hydrogens is 212 g/mol. The van der Waals surface area contributed by atoms with Crippen molar-refractivity contribution in [1.82, 2.24) is 0 Å². The lowest BCUT2D eigenvalue weighted by Crippen LogP contribution is -2.05. The molecule has 0 radical (unpaired) electrons. The monoisotopic (exact) mass is 217 g/mol. The third-order valence-electron chi connectivity index (χ3n) is 1.46. The van der Waals surface area contributed by atoms with E-state index in [0.717, 1.165) is 24.3 Å². The van der Waals surface area contributed by atoms with Crippen LogP contribution in [-0.4, -0.2) is 5.91 Å². The highest BCUT2D eigenvalue weighted by Gasteiger charge is 2.07. The second kappa shape index (κ2) is 4.19. The van der Waals surface area contributed by atoms with E-state index in [4.69, 9.17) is 17.3 Å². The van der Waals surface area contributed by atoms with Gasteiger partial charge in [-0.15, -0.1) is 0 Å². The molecule has 0 bridgehead atoms. The van der Waals surface area contributed by atoms with E-state index in [1.54, 1.807) is 0 Å². The Morgan fingerprint density at radius 2 is 1.86 bits per heavy atom. The molecule has 0 aliphatic heterocycles. The van der Waals surface area contributed by atoms with Crippen molar-refractivity contribution < 1.29 is 13.6 Å². The van der Waals surface area contributed by atoms with Gasteiger partial charge in [-0.3, -0.25) is 4.79 Å². The van der Waals surface area contributed by atoms with Gasteiger partial charge in [0.05, 0.1) is 0 Å². The topological polar surface area (TPSA) is 43.1 Å². The minimum Gasteiger partial charge on any atom is -0.366 e. The molecule has 0 aliphatic rings. The van der Waals surface area contributed by atoms with Crippen LogP contribution in [-0.2, 0) is 4.79 Å². The number of nitrogens with two attached hydrogens (primary N) is 1. The second-order valence-electron chi connectivity index (χ2n) is 2.52. The third kappa shape index (κ3) is 2.53. The summed E-state index contributed by atoms with van der Waals surface area (Å²) in [7, 11) is 0. The quantitative estimate of drug-likeness (QED) is 0.758. The Morgan fingerprint density at radius 3 is 2.29 bits per heavy atom. The van der Waals surface area contributed by atoms with Gasteiger partial charge >= 0.3 is 0 Å². The Labute approximate surface area is 84.0 Å². The van der Waals surface area contributed by atoms with E-state index in [2.05, 4.69) is 0 Å². The van der Waals surface area contributed by atoms with Gasteiger partial charge in [0.2, 0.25) is 5.91 Å². The van der Waals surface area contributed by atoms with Crippen LogP contribution in [0.2, 0.25) is 5.02 Å².